The fourth-order valence-electron chi connectivity index (χ4n) is 1.87. The molecule has 1 fully saturated rings. The Kier molecular flexibility index (Phi) is 3.63. The molecule has 0 radical (unpaired) electrons. The van der Waals surface area contributed by atoms with Crippen LogP contribution in [0.5, 0.6) is 0 Å². The fourth-order valence-corrected chi connectivity index (χ4v) is 1.87. The minimum atomic E-state index is -0.231. The normalized spacial score (nSPS) is 19.5. The first-order valence-corrected chi connectivity index (χ1v) is 5.93. The van der Waals surface area contributed by atoms with Crippen molar-refractivity contribution in [2.24, 2.45) is 0 Å². The number of rotatable bonds is 4. The van der Waals surface area contributed by atoms with Gasteiger partial charge in [-0.15, -0.1) is 0 Å². The van der Waals surface area contributed by atoms with Gasteiger partial charge in [-0.1, -0.05) is 0 Å². The van der Waals surface area contributed by atoms with E-state index in [-0.39, 0.29) is 12.0 Å². The molecule has 6 nitrogen and oxygen atoms in total. The molecule has 1 aromatic rings. The predicted molar refractivity (Wildman–Crippen MR) is 63.6 cm³/mol. The summed E-state index contributed by atoms with van der Waals surface area (Å²) in [4.78, 5) is 11.8. The van der Waals surface area contributed by atoms with Gasteiger partial charge in [-0.05, 0) is 19.8 Å². The van der Waals surface area contributed by atoms with E-state index >= 15 is 0 Å². The number of anilines is 1. The Morgan fingerprint density at radius 1 is 1.76 bits per heavy atom. The molecular formula is C11H18N4O2. The Labute approximate surface area is 100 Å². The third kappa shape index (κ3) is 2.76. The zero-order valence-electron chi connectivity index (χ0n) is 9.98. The lowest BCUT2D eigenvalue weighted by Crippen LogP contribution is -2.32. The number of ether oxygens (including phenoxy) is 1. The Morgan fingerprint density at radius 2 is 2.59 bits per heavy atom. The summed E-state index contributed by atoms with van der Waals surface area (Å²) in [5, 5.41) is 6.91. The van der Waals surface area contributed by atoms with Gasteiger partial charge in [-0.2, -0.15) is 5.10 Å². The summed E-state index contributed by atoms with van der Waals surface area (Å²) in [5.74, 6) is -0.231. The molecule has 0 bridgehead atoms. The van der Waals surface area contributed by atoms with E-state index in [1.54, 1.807) is 10.9 Å². The third-order valence-electron chi connectivity index (χ3n) is 2.84. The standard InChI is InChI=1S/C11H18N4O2/c1-2-15-7-9(12)10(14-15)11(16)13-6-8-4-3-5-17-8/h7-8H,2-6,12H2,1H3,(H,13,16)/t8-/m0/s1. The largest absolute Gasteiger partial charge is 0.396 e. The van der Waals surface area contributed by atoms with E-state index in [1.807, 2.05) is 6.92 Å². The second kappa shape index (κ2) is 5.18. The summed E-state index contributed by atoms with van der Waals surface area (Å²) in [5.41, 5.74) is 6.44. The third-order valence-corrected chi connectivity index (χ3v) is 2.84. The highest BCUT2D eigenvalue weighted by atomic mass is 16.5. The monoisotopic (exact) mass is 238 g/mol. The van der Waals surface area contributed by atoms with Crippen molar-refractivity contribution in [3.63, 3.8) is 0 Å². The highest BCUT2D eigenvalue weighted by molar-refractivity contribution is 5.96. The minimum absolute atomic E-state index is 0.133. The van der Waals surface area contributed by atoms with Crippen LogP contribution in [0, 0.1) is 0 Å². The second-order valence-corrected chi connectivity index (χ2v) is 4.13. The number of aromatic nitrogens is 2. The van der Waals surface area contributed by atoms with Crippen LogP contribution in [-0.4, -0.2) is 34.9 Å². The number of nitrogens with two attached hydrogens (primary N) is 1. The summed E-state index contributed by atoms with van der Waals surface area (Å²) in [7, 11) is 0. The molecule has 1 aromatic heterocycles. The van der Waals surface area contributed by atoms with Gasteiger partial charge in [0, 0.05) is 25.9 Å². The van der Waals surface area contributed by atoms with E-state index in [9.17, 15) is 4.79 Å². The molecular weight excluding hydrogens is 220 g/mol. The second-order valence-electron chi connectivity index (χ2n) is 4.13. The molecule has 0 aromatic carbocycles. The summed E-state index contributed by atoms with van der Waals surface area (Å²) >= 11 is 0. The summed E-state index contributed by atoms with van der Waals surface area (Å²) < 4.78 is 7.07. The Bertz CT molecular complexity index is 396. The van der Waals surface area contributed by atoms with E-state index in [0.29, 0.717) is 24.5 Å². The Hall–Kier alpha value is -1.56. The van der Waals surface area contributed by atoms with E-state index < -0.39 is 0 Å². The molecule has 0 saturated carbocycles. The molecule has 1 saturated heterocycles. The lowest BCUT2D eigenvalue weighted by atomic mass is 10.2. The van der Waals surface area contributed by atoms with Crippen LogP contribution < -0.4 is 11.1 Å². The molecule has 1 aliphatic heterocycles. The van der Waals surface area contributed by atoms with Crippen molar-refractivity contribution < 1.29 is 9.53 Å². The number of nitrogen functional groups attached to an aromatic ring is 1. The molecule has 1 amide bonds. The highest BCUT2D eigenvalue weighted by Crippen LogP contribution is 2.12. The minimum Gasteiger partial charge on any atom is -0.396 e. The average molecular weight is 238 g/mol. The van der Waals surface area contributed by atoms with E-state index in [0.717, 1.165) is 19.4 Å². The van der Waals surface area contributed by atoms with Gasteiger partial charge < -0.3 is 15.8 Å². The number of hydrogen-bond acceptors (Lipinski definition) is 4. The van der Waals surface area contributed by atoms with Gasteiger partial charge in [0.2, 0.25) is 0 Å². The molecule has 3 N–H and O–H groups in total. The highest BCUT2D eigenvalue weighted by Gasteiger charge is 2.19. The molecule has 1 atom stereocenters. The van der Waals surface area contributed by atoms with Crippen LogP contribution in [0.1, 0.15) is 30.3 Å². The zero-order valence-corrected chi connectivity index (χ0v) is 9.98. The van der Waals surface area contributed by atoms with Crippen molar-refractivity contribution >= 4 is 11.6 Å². The fraction of sp³-hybridized carbons (Fsp3) is 0.636. The smallest absolute Gasteiger partial charge is 0.274 e. The number of aryl methyl sites for hydroxylation is 1. The van der Waals surface area contributed by atoms with E-state index in [1.165, 1.54) is 0 Å². The van der Waals surface area contributed by atoms with Crippen molar-refractivity contribution in [2.75, 3.05) is 18.9 Å². The van der Waals surface area contributed by atoms with Gasteiger partial charge in [0.15, 0.2) is 5.69 Å². The van der Waals surface area contributed by atoms with Crippen LogP contribution in [-0.2, 0) is 11.3 Å². The zero-order chi connectivity index (χ0) is 12.3. The van der Waals surface area contributed by atoms with Gasteiger partial charge in [-0.25, -0.2) is 0 Å². The van der Waals surface area contributed by atoms with Gasteiger partial charge in [0.1, 0.15) is 0 Å². The maximum Gasteiger partial charge on any atom is 0.274 e. The SMILES string of the molecule is CCn1cc(N)c(C(=O)NC[C@@H]2CCCO2)n1. The summed E-state index contributed by atoms with van der Waals surface area (Å²) in [6, 6.07) is 0. The van der Waals surface area contributed by atoms with Crippen molar-refractivity contribution in [3.8, 4) is 0 Å². The van der Waals surface area contributed by atoms with E-state index in [2.05, 4.69) is 10.4 Å². The molecule has 2 rings (SSSR count). The molecule has 6 heteroatoms. The van der Waals surface area contributed by atoms with Crippen molar-refractivity contribution in [3.05, 3.63) is 11.9 Å². The first-order valence-electron chi connectivity index (χ1n) is 5.93. The molecule has 2 heterocycles. The van der Waals surface area contributed by atoms with Crippen molar-refractivity contribution in [1.82, 2.24) is 15.1 Å². The number of carbonyl (C=O) groups is 1. The van der Waals surface area contributed by atoms with Crippen LogP contribution in [0.25, 0.3) is 0 Å². The summed E-state index contributed by atoms with van der Waals surface area (Å²) in [6.07, 6.45) is 3.86. The van der Waals surface area contributed by atoms with Gasteiger partial charge in [-0.3, -0.25) is 9.48 Å². The number of nitrogens with one attached hydrogen (secondary N) is 1. The number of hydrogen-bond donors (Lipinski definition) is 2. The topological polar surface area (TPSA) is 82.2 Å². The number of nitrogens with zero attached hydrogens (tertiary/aromatic N) is 2. The van der Waals surface area contributed by atoms with Gasteiger partial charge in [0.25, 0.3) is 5.91 Å². The lowest BCUT2D eigenvalue weighted by molar-refractivity contribution is 0.0853. The average Bonchev–Trinajstić information content (AvgIpc) is 2.94. The van der Waals surface area contributed by atoms with Crippen LogP contribution in [0.15, 0.2) is 6.20 Å². The number of amides is 1. The van der Waals surface area contributed by atoms with Crippen molar-refractivity contribution in [1.29, 1.82) is 0 Å². The quantitative estimate of drug-likeness (QED) is 0.795. The molecule has 0 unspecified atom stereocenters. The van der Waals surface area contributed by atoms with Crippen LogP contribution in [0.3, 0.4) is 0 Å². The number of carbonyl (C=O) groups excluding carboxylic acids is 1. The van der Waals surface area contributed by atoms with Crippen LogP contribution >= 0.6 is 0 Å². The van der Waals surface area contributed by atoms with Gasteiger partial charge >= 0.3 is 0 Å². The first-order chi connectivity index (χ1) is 8.20. The van der Waals surface area contributed by atoms with Crippen LogP contribution in [0.4, 0.5) is 5.69 Å². The van der Waals surface area contributed by atoms with Crippen LogP contribution in [0.2, 0.25) is 0 Å². The van der Waals surface area contributed by atoms with Crippen molar-refractivity contribution in [2.45, 2.75) is 32.4 Å². The Balaban J connectivity index is 1.91. The Morgan fingerprint density at radius 3 is 3.18 bits per heavy atom. The predicted octanol–water partition coefficient (Wildman–Crippen LogP) is 0.394. The molecule has 17 heavy (non-hydrogen) atoms. The molecule has 0 aliphatic carbocycles. The maximum atomic E-state index is 11.8. The first kappa shape index (κ1) is 11.9. The maximum absolute atomic E-state index is 11.8. The van der Waals surface area contributed by atoms with Gasteiger partial charge in [0.05, 0.1) is 11.8 Å². The molecule has 1 aliphatic rings. The lowest BCUT2D eigenvalue weighted by Gasteiger charge is -2.09. The van der Waals surface area contributed by atoms with E-state index in [4.69, 9.17) is 10.5 Å². The molecule has 94 valence electrons. The summed E-state index contributed by atoms with van der Waals surface area (Å²) in [6.45, 7) is 3.95. The molecule has 0 spiro atoms.